The van der Waals surface area contributed by atoms with Crippen molar-refractivity contribution in [3.63, 3.8) is 0 Å². The Morgan fingerprint density at radius 2 is 2.17 bits per heavy atom. The normalized spacial score (nSPS) is 14.4. The Morgan fingerprint density at radius 3 is 2.58 bits per heavy atom. The summed E-state index contributed by atoms with van der Waals surface area (Å²) < 4.78 is 28.4. The van der Waals surface area contributed by atoms with E-state index >= 15 is 0 Å². The number of benzene rings is 1. The summed E-state index contributed by atoms with van der Waals surface area (Å²) in [7, 11) is 0. The monoisotopic (exact) mass is 168 g/mol. The van der Waals surface area contributed by atoms with Crippen LogP contribution in [0.15, 0.2) is 18.2 Å². The van der Waals surface area contributed by atoms with Crippen molar-refractivity contribution in [1.29, 1.82) is 0 Å². The molecule has 12 heavy (non-hydrogen) atoms. The maximum Gasteiger partial charge on any atom is 0.126 e. The van der Waals surface area contributed by atoms with E-state index in [0.717, 1.165) is 0 Å². The second kappa shape index (κ2) is 3.70. The van der Waals surface area contributed by atoms with E-state index in [2.05, 4.69) is 0 Å². The van der Waals surface area contributed by atoms with E-state index in [0.29, 0.717) is 11.1 Å². The fourth-order valence-electron chi connectivity index (χ4n) is 1.15. The Hall–Kier alpha value is -0.850. The van der Waals surface area contributed by atoms with Crippen molar-refractivity contribution >= 4 is 0 Å². The van der Waals surface area contributed by atoms with Crippen LogP contribution in [-0.2, 0) is 6.37 Å². The van der Waals surface area contributed by atoms with Crippen LogP contribution >= 0.6 is 0 Å². The summed E-state index contributed by atoms with van der Waals surface area (Å²) in [4.78, 5) is 0. The van der Waals surface area contributed by atoms with E-state index in [4.69, 9.17) is 2.74 Å². The summed E-state index contributed by atoms with van der Waals surface area (Å²) in [5, 5.41) is 0. The second-order valence-electron chi connectivity index (χ2n) is 3.14. The van der Waals surface area contributed by atoms with Crippen LogP contribution in [0.3, 0.4) is 0 Å². The van der Waals surface area contributed by atoms with E-state index in [1.54, 1.807) is 12.1 Å². The largest absolute Gasteiger partial charge is 0.207 e. The first-order valence-electron chi connectivity index (χ1n) is 5.12. The summed E-state index contributed by atoms with van der Waals surface area (Å²) in [5.74, 6) is -0.185. The highest BCUT2D eigenvalue weighted by Crippen LogP contribution is 2.19. The van der Waals surface area contributed by atoms with E-state index in [9.17, 15) is 4.39 Å². The van der Waals surface area contributed by atoms with Crippen molar-refractivity contribution in [2.24, 2.45) is 0 Å². The predicted molar refractivity (Wildman–Crippen MR) is 49.9 cm³/mol. The van der Waals surface area contributed by atoms with Crippen molar-refractivity contribution in [2.75, 3.05) is 0 Å². The molecule has 1 aromatic rings. The highest BCUT2D eigenvalue weighted by molar-refractivity contribution is 5.26. The Balaban J connectivity index is 3.13. The Labute approximate surface area is 76.2 Å². The van der Waals surface area contributed by atoms with E-state index < -0.39 is 6.37 Å². The smallest absolute Gasteiger partial charge is 0.126 e. The van der Waals surface area contributed by atoms with Gasteiger partial charge in [-0.15, -0.1) is 0 Å². The van der Waals surface area contributed by atoms with Crippen LogP contribution in [-0.4, -0.2) is 0 Å². The molecule has 0 saturated heterocycles. The van der Waals surface area contributed by atoms with Crippen LogP contribution in [0.5, 0.6) is 0 Å². The first-order chi connectivity index (χ1) is 6.32. The molecular weight excluding hydrogens is 151 g/mol. The summed E-state index contributed by atoms with van der Waals surface area (Å²) >= 11 is 0. The van der Waals surface area contributed by atoms with Gasteiger partial charge in [0.05, 0.1) is 0 Å². The van der Waals surface area contributed by atoms with Crippen LogP contribution in [0, 0.1) is 5.82 Å². The van der Waals surface area contributed by atoms with Gasteiger partial charge in [0.2, 0.25) is 0 Å². The lowest BCUT2D eigenvalue weighted by Gasteiger charge is -2.07. The van der Waals surface area contributed by atoms with E-state index in [1.807, 2.05) is 13.8 Å². The van der Waals surface area contributed by atoms with Gasteiger partial charge in [-0.3, -0.25) is 0 Å². The minimum atomic E-state index is -1.48. The zero-order valence-electron chi connectivity index (χ0n) is 9.69. The lowest BCUT2D eigenvalue weighted by atomic mass is 10.0. The maximum atomic E-state index is 13.5. The zero-order chi connectivity index (χ0) is 10.9. The van der Waals surface area contributed by atoms with Gasteiger partial charge < -0.3 is 0 Å². The fourth-order valence-corrected chi connectivity index (χ4v) is 1.15. The number of hydrogen-bond donors (Lipinski definition) is 0. The van der Waals surface area contributed by atoms with Crippen molar-refractivity contribution in [2.45, 2.75) is 33.1 Å². The molecule has 0 saturated carbocycles. The molecule has 0 radical (unpaired) electrons. The molecule has 0 aromatic heterocycles. The molecule has 0 atom stereocenters. The topological polar surface area (TPSA) is 0 Å². The molecule has 0 aliphatic rings. The minimum absolute atomic E-state index is 0.131. The molecular formula is C11H15F. The standard InChI is InChI=1S/C11H15F/c1-4-9-5-6-10(8(2)3)11(12)7-9/h5-8H,4H2,1-3H3/i4D2. The van der Waals surface area contributed by atoms with Gasteiger partial charge in [-0.1, -0.05) is 32.9 Å². The van der Waals surface area contributed by atoms with Gasteiger partial charge in [0.15, 0.2) is 0 Å². The van der Waals surface area contributed by atoms with Crippen molar-refractivity contribution in [3.05, 3.63) is 35.1 Å². The first-order valence-corrected chi connectivity index (χ1v) is 4.12. The third kappa shape index (κ3) is 1.84. The Morgan fingerprint density at radius 1 is 1.50 bits per heavy atom. The second-order valence-corrected chi connectivity index (χ2v) is 3.14. The molecule has 0 amide bonds. The fraction of sp³-hybridized carbons (Fsp3) is 0.455. The molecule has 1 heteroatoms. The van der Waals surface area contributed by atoms with Gasteiger partial charge >= 0.3 is 0 Å². The van der Waals surface area contributed by atoms with E-state index in [-0.39, 0.29) is 11.7 Å². The molecule has 0 fully saturated rings. The molecule has 0 heterocycles. The minimum Gasteiger partial charge on any atom is -0.207 e. The highest BCUT2D eigenvalue weighted by Gasteiger charge is 2.05. The molecule has 0 nitrogen and oxygen atoms in total. The summed E-state index contributed by atoms with van der Waals surface area (Å²) in [6.07, 6.45) is -1.48. The molecule has 1 rings (SSSR count). The highest BCUT2D eigenvalue weighted by atomic mass is 19.1. The van der Waals surface area contributed by atoms with Crippen molar-refractivity contribution < 1.29 is 7.13 Å². The molecule has 0 bridgehead atoms. The molecule has 0 spiro atoms. The first kappa shape index (κ1) is 6.64. The summed E-state index contributed by atoms with van der Waals surface area (Å²) in [6.45, 7) is 5.26. The number of halogens is 1. The molecule has 0 unspecified atom stereocenters. The van der Waals surface area contributed by atoms with Crippen LogP contribution in [0.25, 0.3) is 0 Å². The van der Waals surface area contributed by atoms with Gasteiger partial charge in [-0.25, -0.2) is 4.39 Å². The number of hydrogen-bond acceptors (Lipinski definition) is 0. The van der Waals surface area contributed by atoms with Crippen LogP contribution < -0.4 is 0 Å². The Kier molecular flexibility index (Phi) is 2.05. The predicted octanol–water partition coefficient (Wildman–Crippen LogP) is 3.51. The molecule has 0 N–H and O–H groups in total. The van der Waals surface area contributed by atoms with Crippen LogP contribution in [0.2, 0.25) is 0 Å². The molecule has 66 valence electrons. The van der Waals surface area contributed by atoms with Gasteiger partial charge in [0, 0.05) is 2.74 Å². The lowest BCUT2D eigenvalue weighted by Crippen LogP contribution is -1.94. The van der Waals surface area contributed by atoms with Crippen molar-refractivity contribution in [3.8, 4) is 0 Å². The quantitative estimate of drug-likeness (QED) is 0.634. The number of rotatable bonds is 2. The third-order valence-electron chi connectivity index (χ3n) is 1.91. The van der Waals surface area contributed by atoms with Gasteiger partial charge in [0.1, 0.15) is 5.82 Å². The SMILES string of the molecule is [2H]C([2H])(C)c1ccc(C(C)C)c(F)c1. The van der Waals surface area contributed by atoms with Gasteiger partial charge in [-0.2, -0.15) is 0 Å². The molecule has 0 aliphatic carbocycles. The van der Waals surface area contributed by atoms with Gasteiger partial charge in [-0.05, 0) is 29.5 Å². The van der Waals surface area contributed by atoms with Crippen LogP contribution in [0.4, 0.5) is 4.39 Å². The number of aryl methyl sites for hydroxylation is 1. The maximum absolute atomic E-state index is 13.5. The summed E-state index contributed by atoms with van der Waals surface area (Å²) in [5.41, 5.74) is 1.03. The zero-order valence-corrected chi connectivity index (χ0v) is 7.69. The lowest BCUT2D eigenvalue weighted by molar-refractivity contribution is 0.596. The molecule has 0 aliphatic heterocycles. The van der Waals surface area contributed by atoms with Crippen molar-refractivity contribution in [1.82, 2.24) is 0 Å². The van der Waals surface area contributed by atoms with Gasteiger partial charge in [0.25, 0.3) is 0 Å². The average Bonchev–Trinajstić information content (AvgIpc) is 2.01. The molecule has 1 aromatic carbocycles. The third-order valence-corrected chi connectivity index (χ3v) is 1.91. The van der Waals surface area contributed by atoms with Crippen LogP contribution in [0.1, 0.15) is 40.6 Å². The summed E-state index contributed by atoms with van der Waals surface area (Å²) in [6, 6.07) is 4.60. The Bertz CT molecular complexity index is 327. The average molecular weight is 168 g/mol. The van der Waals surface area contributed by atoms with E-state index in [1.165, 1.54) is 13.0 Å².